The largest absolute Gasteiger partial charge is 0.311 e. The molecule has 1 aliphatic carbocycles. The van der Waals surface area contributed by atoms with Gasteiger partial charge in [-0.15, -0.1) is 0 Å². The first-order valence-electron chi connectivity index (χ1n) is 6.96. The molecule has 1 aromatic rings. The Hall–Kier alpha value is -0.530. The van der Waals surface area contributed by atoms with E-state index in [0.717, 1.165) is 17.5 Å². The number of rotatable bonds is 4. The first-order chi connectivity index (χ1) is 8.46. The van der Waals surface area contributed by atoms with Crippen molar-refractivity contribution in [1.82, 2.24) is 5.32 Å². The fraction of sp³-hybridized carbons (Fsp3) is 0.625. The molecule has 2 heteroatoms. The second-order valence-corrected chi connectivity index (χ2v) is 6.92. The maximum Gasteiger partial charge on any atom is 0.0406 e. The van der Waals surface area contributed by atoms with Gasteiger partial charge in [0, 0.05) is 17.1 Å². The van der Waals surface area contributed by atoms with Crippen LogP contribution < -0.4 is 5.32 Å². The minimum Gasteiger partial charge on any atom is -0.311 e. The Bertz CT molecular complexity index is 373. The Labute approximate surface area is 116 Å². The van der Waals surface area contributed by atoms with Crippen molar-refractivity contribution in [1.29, 1.82) is 0 Å². The Morgan fingerprint density at radius 1 is 1.22 bits per heavy atom. The lowest BCUT2D eigenvalue weighted by Gasteiger charge is -2.36. The molecule has 18 heavy (non-hydrogen) atoms. The van der Waals surface area contributed by atoms with Crippen molar-refractivity contribution in [2.45, 2.75) is 51.5 Å². The van der Waals surface area contributed by atoms with Gasteiger partial charge >= 0.3 is 0 Å². The third kappa shape index (κ3) is 3.73. The number of benzene rings is 1. The van der Waals surface area contributed by atoms with Crippen molar-refractivity contribution >= 4 is 11.6 Å². The summed E-state index contributed by atoms with van der Waals surface area (Å²) >= 11 is 5.98. The van der Waals surface area contributed by atoms with Gasteiger partial charge in [-0.2, -0.15) is 0 Å². The molecule has 0 radical (unpaired) electrons. The van der Waals surface area contributed by atoms with Crippen LogP contribution in [0.25, 0.3) is 0 Å². The molecule has 0 saturated heterocycles. The molecule has 0 aromatic heterocycles. The Morgan fingerprint density at radius 3 is 2.28 bits per heavy atom. The molecule has 1 atom stereocenters. The number of nitrogens with one attached hydrogen (secondary N) is 1. The summed E-state index contributed by atoms with van der Waals surface area (Å²) in [6, 6.07) is 8.41. The van der Waals surface area contributed by atoms with Crippen molar-refractivity contribution in [2.75, 3.05) is 6.54 Å². The Kier molecular flexibility index (Phi) is 4.34. The van der Waals surface area contributed by atoms with E-state index in [9.17, 15) is 0 Å². The minimum absolute atomic E-state index is 0.189. The SMILES string of the molecule is CC(C)(C)NCC(c1ccc(Cl)cc1)C1CCC1. The average Bonchev–Trinajstić information content (AvgIpc) is 2.21. The summed E-state index contributed by atoms with van der Waals surface area (Å²) in [6.45, 7) is 7.75. The quantitative estimate of drug-likeness (QED) is 0.838. The van der Waals surface area contributed by atoms with Crippen molar-refractivity contribution in [3.63, 3.8) is 0 Å². The van der Waals surface area contributed by atoms with Gasteiger partial charge in [0.1, 0.15) is 0 Å². The van der Waals surface area contributed by atoms with E-state index in [-0.39, 0.29) is 5.54 Å². The Balaban J connectivity index is 2.07. The summed E-state index contributed by atoms with van der Waals surface area (Å²) in [6.07, 6.45) is 4.14. The van der Waals surface area contributed by atoms with Gasteiger partial charge in [-0.1, -0.05) is 30.2 Å². The molecule has 1 fully saturated rings. The van der Waals surface area contributed by atoms with Crippen LogP contribution in [-0.2, 0) is 0 Å². The van der Waals surface area contributed by atoms with Gasteiger partial charge in [0.25, 0.3) is 0 Å². The highest BCUT2D eigenvalue weighted by molar-refractivity contribution is 6.30. The lowest BCUT2D eigenvalue weighted by molar-refractivity contribution is 0.242. The zero-order valence-corrected chi connectivity index (χ0v) is 12.4. The molecule has 100 valence electrons. The lowest BCUT2D eigenvalue weighted by atomic mass is 9.73. The molecule has 1 N–H and O–H groups in total. The molecular formula is C16H24ClN. The summed E-state index contributed by atoms with van der Waals surface area (Å²) in [5.74, 6) is 1.48. The van der Waals surface area contributed by atoms with E-state index < -0.39 is 0 Å². The standard InChI is InChI=1S/C16H24ClN/c1-16(2,3)18-11-15(12-5-4-6-12)13-7-9-14(17)10-8-13/h7-10,12,15,18H,4-6,11H2,1-3H3. The highest BCUT2D eigenvalue weighted by Crippen LogP contribution is 2.39. The highest BCUT2D eigenvalue weighted by atomic mass is 35.5. The van der Waals surface area contributed by atoms with Crippen molar-refractivity contribution in [3.05, 3.63) is 34.9 Å². The molecule has 0 amide bonds. The van der Waals surface area contributed by atoms with Crippen LogP contribution in [0.5, 0.6) is 0 Å². The van der Waals surface area contributed by atoms with Crippen molar-refractivity contribution < 1.29 is 0 Å². The van der Waals surface area contributed by atoms with Crippen LogP contribution in [0.4, 0.5) is 0 Å². The van der Waals surface area contributed by atoms with E-state index in [2.05, 4.69) is 38.2 Å². The van der Waals surface area contributed by atoms with Gasteiger partial charge in [-0.25, -0.2) is 0 Å². The van der Waals surface area contributed by atoms with Crippen LogP contribution in [0.15, 0.2) is 24.3 Å². The monoisotopic (exact) mass is 265 g/mol. The second-order valence-electron chi connectivity index (χ2n) is 6.48. The molecular weight excluding hydrogens is 242 g/mol. The predicted molar refractivity (Wildman–Crippen MR) is 79.3 cm³/mol. The zero-order chi connectivity index (χ0) is 13.2. The van der Waals surface area contributed by atoms with Crippen LogP contribution in [0.2, 0.25) is 5.02 Å². The average molecular weight is 266 g/mol. The summed E-state index contributed by atoms with van der Waals surface area (Å²) in [5, 5.41) is 4.48. The summed E-state index contributed by atoms with van der Waals surface area (Å²) in [7, 11) is 0. The summed E-state index contributed by atoms with van der Waals surface area (Å²) < 4.78 is 0. The summed E-state index contributed by atoms with van der Waals surface area (Å²) in [4.78, 5) is 0. The molecule has 1 saturated carbocycles. The Morgan fingerprint density at radius 2 is 1.83 bits per heavy atom. The van der Waals surface area contributed by atoms with Gasteiger partial charge in [-0.3, -0.25) is 0 Å². The lowest BCUT2D eigenvalue weighted by Crippen LogP contribution is -2.40. The molecule has 1 nitrogen and oxygen atoms in total. The van der Waals surface area contributed by atoms with Crippen molar-refractivity contribution in [3.8, 4) is 0 Å². The molecule has 1 aliphatic rings. The number of hydrogen-bond donors (Lipinski definition) is 1. The molecule has 0 aliphatic heterocycles. The minimum atomic E-state index is 0.189. The maximum absolute atomic E-state index is 5.98. The predicted octanol–water partition coefficient (Wildman–Crippen LogP) is 4.61. The molecule has 0 heterocycles. The molecule has 0 bridgehead atoms. The van der Waals surface area contributed by atoms with E-state index in [1.54, 1.807) is 0 Å². The fourth-order valence-electron chi connectivity index (χ4n) is 2.52. The van der Waals surface area contributed by atoms with E-state index in [0.29, 0.717) is 5.92 Å². The maximum atomic E-state index is 5.98. The van der Waals surface area contributed by atoms with E-state index in [1.165, 1.54) is 24.8 Å². The van der Waals surface area contributed by atoms with E-state index in [4.69, 9.17) is 11.6 Å². The molecule has 2 rings (SSSR count). The smallest absolute Gasteiger partial charge is 0.0406 e. The molecule has 0 spiro atoms. The first-order valence-corrected chi connectivity index (χ1v) is 7.34. The van der Waals surface area contributed by atoms with Crippen LogP contribution in [-0.4, -0.2) is 12.1 Å². The van der Waals surface area contributed by atoms with E-state index in [1.807, 2.05) is 12.1 Å². The third-order valence-corrected chi connectivity index (χ3v) is 4.12. The van der Waals surface area contributed by atoms with Crippen molar-refractivity contribution in [2.24, 2.45) is 5.92 Å². The molecule has 1 aromatic carbocycles. The van der Waals surface area contributed by atoms with Crippen LogP contribution in [0.3, 0.4) is 0 Å². The number of hydrogen-bond acceptors (Lipinski definition) is 1. The molecule has 1 unspecified atom stereocenters. The first kappa shape index (κ1) is 13.9. The van der Waals surface area contributed by atoms with Gasteiger partial charge in [0.05, 0.1) is 0 Å². The van der Waals surface area contributed by atoms with E-state index >= 15 is 0 Å². The highest BCUT2D eigenvalue weighted by Gasteiger charge is 2.29. The normalized spacial score (nSPS) is 18.4. The van der Waals surface area contributed by atoms with Gasteiger partial charge in [0.2, 0.25) is 0 Å². The second kappa shape index (κ2) is 5.63. The van der Waals surface area contributed by atoms with Gasteiger partial charge in [0.15, 0.2) is 0 Å². The third-order valence-electron chi connectivity index (χ3n) is 3.87. The van der Waals surface area contributed by atoms with Crippen LogP contribution in [0, 0.1) is 5.92 Å². The van der Waals surface area contributed by atoms with Crippen LogP contribution in [0.1, 0.15) is 51.5 Å². The topological polar surface area (TPSA) is 12.0 Å². The summed E-state index contributed by atoms with van der Waals surface area (Å²) in [5.41, 5.74) is 1.62. The van der Waals surface area contributed by atoms with Gasteiger partial charge in [-0.05, 0) is 63.1 Å². The van der Waals surface area contributed by atoms with Gasteiger partial charge < -0.3 is 5.32 Å². The van der Waals surface area contributed by atoms with Crippen LogP contribution >= 0.6 is 11.6 Å². The fourth-order valence-corrected chi connectivity index (χ4v) is 2.65. The zero-order valence-electron chi connectivity index (χ0n) is 11.7. The number of halogens is 1.